The van der Waals surface area contributed by atoms with Crippen LogP contribution >= 0.6 is 0 Å². The van der Waals surface area contributed by atoms with Gasteiger partial charge in [-0.3, -0.25) is 14.4 Å². The van der Waals surface area contributed by atoms with E-state index < -0.39 is 17.4 Å². The fraction of sp³-hybridized carbons (Fsp3) is 0.750. The lowest BCUT2D eigenvalue weighted by Crippen LogP contribution is -2.42. The third-order valence-corrected chi connectivity index (χ3v) is 3.19. The summed E-state index contributed by atoms with van der Waals surface area (Å²) in [6.07, 6.45) is -0.312. The molecule has 0 aromatic heterocycles. The molecule has 0 radical (unpaired) electrons. The fourth-order valence-corrected chi connectivity index (χ4v) is 2.06. The number of carbonyl (C=O) groups is 3. The highest BCUT2D eigenvalue weighted by atomic mass is 16.6. The summed E-state index contributed by atoms with van der Waals surface area (Å²) in [5.41, 5.74) is -0.592. The van der Waals surface area contributed by atoms with Crippen molar-refractivity contribution < 1.29 is 23.9 Å². The van der Waals surface area contributed by atoms with Gasteiger partial charge in [0.2, 0.25) is 0 Å². The second-order valence-corrected chi connectivity index (χ2v) is 5.63. The number of hydrogen-bond donors (Lipinski definition) is 0. The minimum absolute atomic E-state index is 0.0191. The molecule has 94 valence electrons. The van der Waals surface area contributed by atoms with Gasteiger partial charge in [-0.2, -0.15) is 0 Å². The molecule has 2 fully saturated rings. The number of ketones is 1. The molecular weight excluding hydrogens is 224 g/mol. The van der Waals surface area contributed by atoms with Crippen LogP contribution in [0, 0.1) is 17.3 Å². The largest absolute Gasteiger partial charge is 0.461 e. The maximum atomic E-state index is 11.5. The quantitative estimate of drug-likeness (QED) is 0.665. The van der Waals surface area contributed by atoms with Crippen LogP contribution in [-0.4, -0.2) is 30.4 Å². The van der Waals surface area contributed by atoms with Gasteiger partial charge in [0.15, 0.2) is 0 Å². The molecule has 1 heterocycles. The van der Waals surface area contributed by atoms with Crippen LogP contribution in [0.1, 0.15) is 27.2 Å². The number of Topliss-reactive ketones (excluding diaryl/α,β-unsaturated/α-hetero) is 1. The molecule has 0 aromatic carbocycles. The third kappa shape index (κ3) is 2.06. The Morgan fingerprint density at radius 3 is 2.59 bits per heavy atom. The summed E-state index contributed by atoms with van der Waals surface area (Å²) < 4.78 is 10.1. The second-order valence-electron chi connectivity index (χ2n) is 5.63. The van der Waals surface area contributed by atoms with Crippen molar-refractivity contribution in [2.45, 2.75) is 33.3 Å². The number of ether oxygens (including phenoxy) is 2. The normalized spacial score (nSPS) is 31.6. The Balaban J connectivity index is 1.91. The lowest BCUT2D eigenvalue weighted by Gasteiger charge is -2.27. The van der Waals surface area contributed by atoms with E-state index in [0.29, 0.717) is 0 Å². The molecule has 0 amide bonds. The Kier molecular flexibility index (Phi) is 2.72. The predicted octanol–water partition coefficient (Wildman–Crippen LogP) is 0.706. The summed E-state index contributed by atoms with van der Waals surface area (Å²) in [7, 11) is 0. The van der Waals surface area contributed by atoms with Crippen molar-refractivity contribution in [3.05, 3.63) is 0 Å². The zero-order valence-electron chi connectivity index (χ0n) is 10.2. The average Bonchev–Trinajstić information content (AvgIpc) is 2.44. The van der Waals surface area contributed by atoms with Crippen LogP contribution < -0.4 is 0 Å². The number of hydrogen-bond acceptors (Lipinski definition) is 5. The lowest BCUT2D eigenvalue weighted by molar-refractivity contribution is -0.160. The Labute approximate surface area is 99.5 Å². The van der Waals surface area contributed by atoms with E-state index in [4.69, 9.17) is 9.47 Å². The van der Waals surface area contributed by atoms with Gasteiger partial charge in [-0.25, -0.2) is 0 Å². The van der Waals surface area contributed by atoms with Crippen LogP contribution in [-0.2, 0) is 23.9 Å². The van der Waals surface area contributed by atoms with Crippen LogP contribution in [0.4, 0.5) is 0 Å². The van der Waals surface area contributed by atoms with E-state index >= 15 is 0 Å². The topological polar surface area (TPSA) is 69.7 Å². The van der Waals surface area contributed by atoms with Gasteiger partial charge in [-0.05, 0) is 20.8 Å². The fourth-order valence-electron chi connectivity index (χ4n) is 2.06. The number of esters is 2. The van der Waals surface area contributed by atoms with Gasteiger partial charge in [0.25, 0.3) is 0 Å². The van der Waals surface area contributed by atoms with Gasteiger partial charge < -0.3 is 9.47 Å². The molecule has 0 spiro atoms. The van der Waals surface area contributed by atoms with Crippen LogP contribution in [0.5, 0.6) is 0 Å². The molecule has 1 saturated heterocycles. The molecular formula is C12H16O5. The minimum atomic E-state index is -0.592. The number of fused-ring (bicyclic) bond motifs is 1. The summed E-state index contributed by atoms with van der Waals surface area (Å²) in [6, 6.07) is 0. The van der Waals surface area contributed by atoms with E-state index in [1.165, 1.54) is 0 Å². The molecule has 0 bridgehead atoms. The molecule has 1 aliphatic carbocycles. The van der Waals surface area contributed by atoms with Gasteiger partial charge in [-0.15, -0.1) is 0 Å². The van der Waals surface area contributed by atoms with E-state index in [1.807, 2.05) is 0 Å². The van der Waals surface area contributed by atoms with Gasteiger partial charge in [-0.1, -0.05) is 0 Å². The first-order valence-electron chi connectivity index (χ1n) is 5.71. The summed E-state index contributed by atoms with van der Waals surface area (Å²) in [6.45, 7) is 5.21. The Hall–Kier alpha value is -1.39. The highest BCUT2D eigenvalue weighted by Gasteiger charge is 2.56. The first-order chi connectivity index (χ1) is 7.80. The minimum Gasteiger partial charge on any atom is -0.461 e. The molecule has 17 heavy (non-hydrogen) atoms. The molecule has 0 N–H and O–H groups in total. The number of cyclic esters (lactones) is 1. The Morgan fingerprint density at radius 1 is 1.41 bits per heavy atom. The van der Waals surface area contributed by atoms with Crippen LogP contribution in [0.3, 0.4) is 0 Å². The van der Waals surface area contributed by atoms with Gasteiger partial charge in [0.05, 0.1) is 17.3 Å². The smallest absolute Gasteiger partial charge is 0.311 e. The highest BCUT2D eigenvalue weighted by Crippen LogP contribution is 2.41. The maximum Gasteiger partial charge on any atom is 0.311 e. The Morgan fingerprint density at radius 2 is 2.06 bits per heavy atom. The summed E-state index contributed by atoms with van der Waals surface area (Å²) in [4.78, 5) is 34.2. The van der Waals surface area contributed by atoms with Crippen molar-refractivity contribution in [1.29, 1.82) is 0 Å². The second kappa shape index (κ2) is 3.82. The zero-order valence-corrected chi connectivity index (χ0v) is 10.2. The van der Waals surface area contributed by atoms with Gasteiger partial charge in [0.1, 0.15) is 18.5 Å². The summed E-state index contributed by atoms with van der Waals surface area (Å²) >= 11 is 0. The van der Waals surface area contributed by atoms with Crippen LogP contribution in [0.2, 0.25) is 0 Å². The van der Waals surface area contributed by atoms with Crippen molar-refractivity contribution >= 4 is 17.7 Å². The van der Waals surface area contributed by atoms with Crippen LogP contribution in [0.15, 0.2) is 0 Å². The highest BCUT2D eigenvalue weighted by molar-refractivity contribution is 5.99. The molecule has 1 aliphatic heterocycles. The molecule has 0 unspecified atom stereocenters. The van der Waals surface area contributed by atoms with Gasteiger partial charge >= 0.3 is 11.9 Å². The van der Waals surface area contributed by atoms with E-state index in [9.17, 15) is 14.4 Å². The van der Waals surface area contributed by atoms with Crippen molar-refractivity contribution in [1.82, 2.24) is 0 Å². The van der Waals surface area contributed by atoms with Crippen LogP contribution in [0.25, 0.3) is 0 Å². The van der Waals surface area contributed by atoms with Gasteiger partial charge in [0, 0.05) is 6.42 Å². The lowest BCUT2D eigenvalue weighted by atomic mass is 9.71. The standard InChI is InChI=1S/C12H16O5/c1-12(2,3)11(15)16-5-8-9-6(4-7(9)13)10(14)17-8/h6,8-9H,4-5H2,1-3H3/t6-,8+,9-/m0/s1. The average molecular weight is 240 g/mol. The predicted molar refractivity (Wildman–Crippen MR) is 56.9 cm³/mol. The molecule has 3 atom stereocenters. The van der Waals surface area contributed by atoms with Crippen molar-refractivity contribution in [2.24, 2.45) is 17.3 Å². The van der Waals surface area contributed by atoms with Crippen molar-refractivity contribution in [3.8, 4) is 0 Å². The molecule has 0 aromatic rings. The van der Waals surface area contributed by atoms with E-state index in [2.05, 4.69) is 0 Å². The first kappa shape index (κ1) is 12.1. The SMILES string of the molecule is CC(C)(C)C(=O)OC[C@H]1OC(=O)[C@H]2CC(=O)[C@H]21. The molecule has 2 aliphatic rings. The molecule has 1 saturated carbocycles. The van der Waals surface area contributed by atoms with Crippen molar-refractivity contribution in [3.63, 3.8) is 0 Å². The van der Waals surface area contributed by atoms with E-state index in [0.717, 1.165) is 0 Å². The first-order valence-corrected chi connectivity index (χ1v) is 5.71. The zero-order chi connectivity index (χ0) is 12.8. The monoisotopic (exact) mass is 240 g/mol. The third-order valence-electron chi connectivity index (χ3n) is 3.19. The summed E-state index contributed by atoms with van der Waals surface area (Å²) in [5.74, 6) is -1.37. The summed E-state index contributed by atoms with van der Waals surface area (Å²) in [5, 5.41) is 0. The Bertz CT molecular complexity index is 379. The van der Waals surface area contributed by atoms with Crippen molar-refractivity contribution in [2.75, 3.05) is 6.61 Å². The number of rotatable bonds is 2. The van der Waals surface area contributed by atoms with E-state index in [1.54, 1.807) is 20.8 Å². The number of carbonyl (C=O) groups excluding carboxylic acids is 3. The molecule has 5 heteroatoms. The molecule has 5 nitrogen and oxygen atoms in total. The molecule has 2 rings (SSSR count). The van der Waals surface area contributed by atoms with E-state index in [-0.39, 0.29) is 36.7 Å². The maximum absolute atomic E-state index is 11.5.